The van der Waals surface area contributed by atoms with Gasteiger partial charge in [-0.3, -0.25) is 9.80 Å². The lowest BCUT2D eigenvalue weighted by atomic mass is 9.71. The third-order valence-corrected chi connectivity index (χ3v) is 10.3. The van der Waals surface area contributed by atoms with Crippen LogP contribution in [0.25, 0.3) is 0 Å². The van der Waals surface area contributed by atoms with Crippen LogP contribution in [0.15, 0.2) is 30.6 Å². The SMILES string of the molecule is O=CC(c1ccc(OCCCC2CCN(c3ncc(Cl)cn3)CC2)cc1F)N1CCC2(CC1)CN(C[C@H](O)[C@@H](O)[C@H](O)[C@H](O)CO)C2. The van der Waals surface area contributed by atoms with Crippen molar-refractivity contribution in [3.05, 3.63) is 47.0 Å². The second kappa shape index (κ2) is 16.3. The van der Waals surface area contributed by atoms with Crippen LogP contribution in [-0.2, 0) is 4.79 Å². The molecule has 1 unspecified atom stereocenters. The van der Waals surface area contributed by atoms with Crippen molar-refractivity contribution in [2.24, 2.45) is 11.3 Å². The lowest BCUT2D eigenvalue weighted by molar-refractivity contribution is -0.134. The molecule has 260 valence electrons. The van der Waals surface area contributed by atoms with E-state index < -0.39 is 42.9 Å². The fraction of sp³-hybridized carbons (Fsp3) is 0.667. The summed E-state index contributed by atoms with van der Waals surface area (Å²) < 4.78 is 21.1. The molecule has 0 aliphatic carbocycles. The number of carbonyl (C=O) groups excluding carboxylic acids is 1. The number of aliphatic hydroxyl groups is 5. The van der Waals surface area contributed by atoms with Gasteiger partial charge in [0.15, 0.2) is 0 Å². The maximum absolute atomic E-state index is 15.3. The summed E-state index contributed by atoms with van der Waals surface area (Å²) >= 11 is 5.89. The molecule has 2 aromatic rings. The summed E-state index contributed by atoms with van der Waals surface area (Å²) in [6, 6.07) is 4.04. The van der Waals surface area contributed by atoms with Gasteiger partial charge in [0.05, 0.1) is 42.8 Å². The molecule has 3 fully saturated rings. The monoisotopic (exact) mass is 679 g/mol. The van der Waals surface area contributed by atoms with Crippen LogP contribution in [0.3, 0.4) is 0 Å². The fourth-order valence-corrected chi connectivity index (χ4v) is 7.30. The molecule has 47 heavy (non-hydrogen) atoms. The first-order chi connectivity index (χ1) is 22.6. The van der Waals surface area contributed by atoms with Gasteiger partial charge in [-0.15, -0.1) is 0 Å². The van der Waals surface area contributed by atoms with Gasteiger partial charge in [0.1, 0.15) is 36.2 Å². The number of hydrogen-bond acceptors (Lipinski definition) is 12. The third-order valence-electron chi connectivity index (χ3n) is 10.1. The highest BCUT2D eigenvalue weighted by Gasteiger charge is 2.46. The molecule has 14 heteroatoms. The number of carbonyl (C=O) groups is 1. The molecule has 3 saturated heterocycles. The maximum Gasteiger partial charge on any atom is 0.225 e. The summed E-state index contributed by atoms with van der Waals surface area (Å²) in [6.07, 6.45) is 3.57. The molecule has 3 aliphatic rings. The minimum absolute atomic E-state index is 0.0101. The van der Waals surface area contributed by atoms with Gasteiger partial charge < -0.3 is 40.0 Å². The van der Waals surface area contributed by atoms with Crippen LogP contribution in [0, 0.1) is 17.2 Å². The molecule has 5 atom stereocenters. The first-order valence-corrected chi connectivity index (χ1v) is 16.9. The Morgan fingerprint density at radius 1 is 1.02 bits per heavy atom. The summed E-state index contributed by atoms with van der Waals surface area (Å²) in [4.78, 5) is 26.9. The molecule has 12 nitrogen and oxygen atoms in total. The number of anilines is 1. The number of ether oxygens (including phenoxy) is 1. The lowest BCUT2D eigenvalue weighted by Crippen LogP contribution is -2.63. The number of piperidine rings is 2. The average Bonchev–Trinajstić information content (AvgIpc) is 3.07. The quantitative estimate of drug-likeness (QED) is 0.136. The Morgan fingerprint density at radius 3 is 2.30 bits per heavy atom. The van der Waals surface area contributed by atoms with Crippen LogP contribution < -0.4 is 9.64 Å². The molecule has 1 spiro atoms. The van der Waals surface area contributed by atoms with Crippen molar-refractivity contribution in [2.45, 2.75) is 69.0 Å². The van der Waals surface area contributed by atoms with Crippen molar-refractivity contribution < 1.29 is 39.5 Å². The van der Waals surface area contributed by atoms with Crippen LogP contribution in [0.5, 0.6) is 5.75 Å². The topological polar surface area (TPSA) is 163 Å². The van der Waals surface area contributed by atoms with Crippen molar-refractivity contribution in [1.29, 1.82) is 0 Å². The molecule has 5 N–H and O–H groups in total. The number of rotatable bonds is 15. The second-order valence-electron chi connectivity index (χ2n) is 13.4. The number of hydrogen-bond donors (Lipinski definition) is 5. The first-order valence-electron chi connectivity index (χ1n) is 16.5. The zero-order valence-corrected chi connectivity index (χ0v) is 27.3. The van der Waals surface area contributed by atoms with Gasteiger partial charge in [-0.2, -0.15) is 0 Å². The molecule has 1 aromatic carbocycles. The summed E-state index contributed by atoms with van der Waals surface area (Å²) in [5, 5.41) is 49.3. The minimum Gasteiger partial charge on any atom is -0.493 e. The molecule has 0 bridgehead atoms. The van der Waals surface area contributed by atoms with E-state index in [1.54, 1.807) is 24.5 Å². The normalized spacial score (nSPS) is 22.3. The number of aliphatic hydroxyl groups excluding tert-OH is 5. The maximum atomic E-state index is 15.3. The molecular weight excluding hydrogens is 633 g/mol. The molecule has 3 aliphatic heterocycles. The number of β-amino-alcohol motifs (C(OH)–C–C–N with tert-alkyl or cyclic N) is 1. The number of benzene rings is 1. The smallest absolute Gasteiger partial charge is 0.225 e. The number of halogens is 2. The van der Waals surface area contributed by atoms with Crippen LogP contribution >= 0.6 is 11.6 Å². The van der Waals surface area contributed by atoms with E-state index in [9.17, 15) is 25.2 Å². The summed E-state index contributed by atoms with van der Waals surface area (Å²) in [6.45, 7) is 4.30. The van der Waals surface area contributed by atoms with Gasteiger partial charge in [0.25, 0.3) is 0 Å². The predicted molar refractivity (Wildman–Crippen MR) is 173 cm³/mol. The molecule has 0 saturated carbocycles. The van der Waals surface area contributed by atoms with E-state index in [4.69, 9.17) is 21.4 Å². The van der Waals surface area contributed by atoms with Crippen molar-refractivity contribution in [3.63, 3.8) is 0 Å². The van der Waals surface area contributed by atoms with Crippen LogP contribution in [0.4, 0.5) is 10.3 Å². The van der Waals surface area contributed by atoms with E-state index in [1.165, 1.54) is 6.07 Å². The molecule has 0 amide bonds. The van der Waals surface area contributed by atoms with Crippen molar-refractivity contribution >= 4 is 23.8 Å². The van der Waals surface area contributed by atoms with Crippen molar-refractivity contribution in [3.8, 4) is 5.75 Å². The molecule has 1 aromatic heterocycles. The van der Waals surface area contributed by atoms with E-state index in [2.05, 4.69) is 14.9 Å². The number of aldehydes is 1. The number of nitrogens with zero attached hydrogens (tertiary/aromatic N) is 5. The Morgan fingerprint density at radius 2 is 1.68 bits per heavy atom. The summed E-state index contributed by atoms with van der Waals surface area (Å²) in [7, 11) is 0. The van der Waals surface area contributed by atoms with E-state index in [-0.39, 0.29) is 12.0 Å². The molecule has 4 heterocycles. The number of likely N-dealkylation sites (tertiary alicyclic amines) is 2. The summed E-state index contributed by atoms with van der Waals surface area (Å²) in [5.74, 6) is 1.28. The van der Waals surface area contributed by atoms with E-state index in [1.807, 2.05) is 9.80 Å². The third kappa shape index (κ3) is 8.95. The Labute approximate surface area is 279 Å². The van der Waals surface area contributed by atoms with E-state index >= 15 is 4.39 Å². The van der Waals surface area contributed by atoms with E-state index in [0.29, 0.717) is 61.0 Å². The van der Waals surface area contributed by atoms with Crippen molar-refractivity contribution in [1.82, 2.24) is 19.8 Å². The zero-order valence-electron chi connectivity index (χ0n) is 26.6. The fourth-order valence-electron chi connectivity index (χ4n) is 7.21. The second-order valence-corrected chi connectivity index (χ2v) is 13.8. The Bertz CT molecular complexity index is 1290. The lowest BCUT2D eigenvalue weighted by Gasteiger charge is -2.55. The Kier molecular flexibility index (Phi) is 12.4. The Balaban J connectivity index is 1.01. The summed E-state index contributed by atoms with van der Waals surface area (Å²) in [5.41, 5.74) is 0.339. The van der Waals surface area contributed by atoms with Gasteiger partial charge in [0.2, 0.25) is 5.95 Å². The highest BCUT2D eigenvalue weighted by atomic mass is 35.5. The van der Waals surface area contributed by atoms with Gasteiger partial charge in [0, 0.05) is 44.4 Å². The van der Waals surface area contributed by atoms with Crippen LogP contribution in [0.2, 0.25) is 5.02 Å². The van der Waals surface area contributed by atoms with Crippen LogP contribution in [0.1, 0.15) is 50.1 Å². The number of aromatic nitrogens is 2. The standard InChI is InChI=1S/C33H47ClFN5O7/c34-23-15-36-32(37-16-23)40-9-5-22(6-10-40)2-1-13-47-24-3-4-25(26(35)14-24)27(18-41)39-11-7-33(8-12-39)20-38(21-33)17-28(43)30(45)31(46)29(44)19-42/h3-4,14-16,18,22,27-31,42-46H,1-2,5-13,17,19-21H2/t27?,28-,29+,30+,31+/m0/s1. The first kappa shape index (κ1) is 35.8. The molecule has 5 rings (SSSR count). The Hall–Kier alpha value is -2.49. The van der Waals surface area contributed by atoms with Gasteiger partial charge in [-0.1, -0.05) is 17.7 Å². The van der Waals surface area contributed by atoms with Gasteiger partial charge in [-0.25, -0.2) is 14.4 Å². The zero-order chi connectivity index (χ0) is 33.6. The predicted octanol–water partition coefficient (Wildman–Crippen LogP) is 1.42. The highest BCUT2D eigenvalue weighted by Crippen LogP contribution is 2.42. The van der Waals surface area contributed by atoms with E-state index in [0.717, 1.165) is 57.9 Å². The molecule has 0 radical (unpaired) electrons. The molecular formula is C33H47ClFN5O7. The minimum atomic E-state index is -1.65. The average molecular weight is 680 g/mol. The van der Waals surface area contributed by atoms with Crippen molar-refractivity contribution in [2.75, 3.05) is 63.9 Å². The van der Waals surface area contributed by atoms with Gasteiger partial charge in [-0.05, 0) is 69.0 Å². The highest BCUT2D eigenvalue weighted by molar-refractivity contribution is 6.30. The van der Waals surface area contributed by atoms with Gasteiger partial charge >= 0.3 is 0 Å². The van der Waals surface area contributed by atoms with Crippen LogP contribution in [-0.4, -0.2) is 135 Å². The largest absolute Gasteiger partial charge is 0.493 e.